The first-order chi connectivity index (χ1) is 6.27. The summed E-state index contributed by atoms with van der Waals surface area (Å²) in [6.45, 7) is 0.765. The largest absolute Gasteiger partial charge is 0.508 e. The molecule has 70 valence electrons. The fourth-order valence-electron chi connectivity index (χ4n) is 1.25. The first-order valence-electron chi connectivity index (χ1n) is 3.99. The molecule has 1 aliphatic rings. The highest BCUT2D eigenvalue weighted by atomic mass is 79.9. The second-order valence-corrected chi connectivity index (χ2v) is 4.86. The third-order valence-corrected chi connectivity index (χ3v) is 3.45. The van der Waals surface area contributed by atoms with Crippen molar-refractivity contribution in [3.63, 3.8) is 0 Å². The zero-order valence-corrected chi connectivity index (χ0v) is 9.27. The molecule has 1 atom stereocenters. The lowest BCUT2D eigenvalue weighted by Crippen LogP contribution is -1.93. The Morgan fingerprint density at radius 2 is 2.38 bits per heavy atom. The van der Waals surface area contributed by atoms with Crippen molar-refractivity contribution in [3.05, 3.63) is 28.2 Å². The van der Waals surface area contributed by atoms with Crippen LogP contribution < -0.4 is 0 Å². The molecule has 1 aliphatic heterocycles. The summed E-state index contributed by atoms with van der Waals surface area (Å²) in [7, 11) is 0. The second-order valence-electron chi connectivity index (χ2n) is 2.78. The molecule has 2 nitrogen and oxygen atoms in total. The minimum absolute atomic E-state index is 0.00231. The molecule has 0 aromatic heterocycles. The van der Waals surface area contributed by atoms with Crippen molar-refractivity contribution in [1.82, 2.24) is 0 Å². The van der Waals surface area contributed by atoms with Gasteiger partial charge in [-0.2, -0.15) is 0 Å². The number of rotatable bonds is 1. The van der Waals surface area contributed by atoms with Crippen LogP contribution in [0.15, 0.2) is 22.7 Å². The Morgan fingerprint density at radius 3 is 3.08 bits per heavy atom. The standard InChI is InChI=1S/C9H9BrO2S/c10-6-1-2-8(11)7(5-6)9-12-3-4-13-9/h1-2,5,9,11H,3-4H2. The van der Waals surface area contributed by atoms with Crippen LogP contribution in [0.3, 0.4) is 0 Å². The molecule has 4 heteroatoms. The predicted octanol–water partition coefficient (Wildman–Crippen LogP) is 2.92. The van der Waals surface area contributed by atoms with E-state index in [2.05, 4.69) is 15.9 Å². The Labute approximate surface area is 89.4 Å². The molecule has 0 radical (unpaired) electrons. The van der Waals surface area contributed by atoms with E-state index in [-0.39, 0.29) is 5.44 Å². The van der Waals surface area contributed by atoms with Gasteiger partial charge in [-0.15, -0.1) is 11.8 Å². The summed E-state index contributed by atoms with van der Waals surface area (Å²) in [5.41, 5.74) is 0.856. The van der Waals surface area contributed by atoms with Gasteiger partial charge in [-0.25, -0.2) is 0 Å². The van der Waals surface area contributed by atoms with Gasteiger partial charge < -0.3 is 9.84 Å². The van der Waals surface area contributed by atoms with Crippen molar-refractivity contribution in [2.24, 2.45) is 0 Å². The first kappa shape index (κ1) is 9.37. The third-order valence-electron chi connectivity index (χ3n) is 1.87. The molecule has 1 unspecified atom stereocenters. The zero-order chi connectivity index (χ0) is 9.26. The highest BCUT2D eigenvalue weighted by molar-refractivity contribution is 9.10. The highest BCUT2D eigenvalue weighted by Gasteiger charge is 2.21. The van der Waals surface area contributed by atoms with Gasteiger partial charge in [0.15, 0.2) is 0 Å². The maximum Gasteiger partial charge on any atom is 0.132 e. The maximum atomic E-state index is 9.58. The van der Waals surface area contributed by atoms with Crippen molar-refractivity contribution in [3.8, 4) is 5.75 Å². The molecule has 1 heterocycles. The fourth-order valence-corrected chi connectivity index (χ4v) is 2.60. The van der Waals surface area contributed by atoms with Crippen LogP contribution in [0, 0.1) is 0 Å². The average molecular weight is 261 g/mol. The number of halogens is 1. The molecule has 0 saturated carbocycles. The van der Waals surface area contributed by atoms with Crippen LogP contribution in [0.25, 0.3) is 0 Å². The lowest BCUT2D eigenvalue weighted by molar-refractivity contribution is 0.142. The van der Waals surface area contributed by atoms with Gasteiger partial charge in [0.05, 0.1) is 6.61 Å². The molecule has 1 fully saturated rings. The Kier molecular flexibility index (Phi) is 2.81. The van der Waals surface area contributed by atoms with Crippen molar-refractivity contribution < 1.29 is 9.84 Å². The monoisotopic (exact) mass is 260 g/mol. The van der Waals surface area contributed by atoms with Crippen LogP contribution in [0.1, 0.15) is 11.0 Å². The maximum absolute atomic E-state index is 9.58. The van der Waals surface area contributed by atoms with Gasteiger partial charge in [0, 0.05) is 15.8 Å². The molecule has 2 rings (SSSR count). The van der Waals surface area contributed by atoms with E-state index >= 15 is 0 Å². The second kappa shape index (κ2) is 3.90. The lowest BCUT2D eigenvalue weighted by Gasteiger charge is -2.10. The summed E-state index contributed by atoms with van der Waals surface area (Å²) in [5.74, 6) is 1.30. The molecule has 1 N–H and O–H groups in total. The van der Waals surface area contributed by atoms with Crippen LogP contribution >= 0.6 is 27.7 Å². The molecule has 0 spiro atoms. The number of hydrogen-bond donors (Lipinski definition) is 1. The van der Waals surface area contributed by atoms with E-state index in [1.807, 2.05) is 12.1 Å². The van der Waals surface area contributed by atoms with E-state index in [1.54, 1.807) is 17.8 Å². The Bertz CT molecular complexity index is 310. The van der Waals surface area contributed by atoms with Gasteiger partial charge in [0.2, 0.25) is 0 Å². The van der Waals surface area contributed by atoms with Gasteiger partial charge in [-0.1, -0.05) is 15.9 Å². The number of hydrogen-bond acceptors (Lipinski definition) is 3. The molecule has 0 aliphatic carbocycles. The Balaban J connectivity index is 2.32. The number of benzene rings is 1. The van der Waals surface area contributed by atoms with Crippen LogP contribution in [0.2, 0.25) is 0 Å². The van der Waals surface area contributed by atoms with Gasteiger partial charge >= 0.3 is 0 Å². The first-order valence-corrected chi connectivity index (χ1v) is 5.83. The molecule has 1 aromatic rings. The van der Waals surface area contributed by atoms with Crippen LogP contribution in [0.4, 0.5) is 0 Å². The molecular formula is C9H9BrO2S. The third kappa shape index (κ3) is 2.00. The number of thioether (sulfide) groups is 1. The smallest absolute Gasteiger partial charge is 0.132 e. The van der Waals surface area contributed by atoms with E-state index in [1.165, 1.54) is 0 Å². The summed E-state index contributed by atoms with van der Waals surface area (Å²) < 4.78 is 6.43. The number of phenols is 1. The van der Waals surface area contributed by atoms with Gasteiger partial charge in [0.25, 0.3) is 0 Å². The highest BCUT2D eigenvalue weighted by Crippen LogP contribution is 2.40. The minimum atomic E-state index is -0.00231. The van der Waals surface area contributed by atoms with Crippen LogP contribution in [-0.2, 0) is 4.74 Å². The van der Waals surface area contributed by atoms with Crippen molar-refractivity contribution in [1.29, 1.82) is 0 Å². The van der Waals surface area contributed by atoms with E-state index in [9.17, 15) is 5.11 Å². The zero-order valence-electron chi connectivity index (χ0n) is 6.87. The van der Waals surface area contributed by atoms with Crippen LogP contribution in [-0.4, -0.2) is 17.5 Å². The average Bonchev–Trinajstić information content (AvgIpc) is 2.61. The summed E-state index contributed by atoms with van der Waals surface area (Å²) in [6, 6.07) is 5.40. The topological polar surface area (TPSA) is 29.5 Å². The molecule has 1 saturated heterocycles. The lowest BCUT2D eigenvalue weighted by atomic mass is 10.2. The number of ether oxygens (including phenoxy) is 1. The molecule has 1 aromatic carbocycles. The van der Waals surface area contributed by atoms with Crippen molar-refractivity contribution >= 4 is 27.7 Å². The summed E-state index contributed by atoms with van der Waals surface area (Å²) in [5, 5.41) is 9.58. The summed E-state index contributed by atoms with van der Waals surface area (Å²) in [6.07, 6.45) is 0. The Hall–Kier alpha value is -0.190. The van der Waals surface area contributed by atoms with E-state index in [0.29, 0.717) is 5.75 Å². The van der Waals surface area contributed by atoms with E-state index in [0.717, 1.165) is 22.4 Å². The van der Waals surface area contributed by atoms with Gasteiger partial charge in [0.1, 0.15) is 11.2 Å². The van der Waals surface area contributed by atoms with Crippen LogP contribution in [0.5, 0.6) is 5.75 Å². The van der Waals surface area contributed by atoms with Crippen molar-refractivity contribution in [2.75, 3.05) is 12.4 Å². The van der Waals surface area contributed by atoms with Gasteiger partial charge in [-0.3, -0.25) is 0 Å². The number of phenolic OH excluding ortho intramolecular Hbond substituents is 1. The van der Waals surface area contributed by atoms with E-state index in [4.69, 9.17) is 4.74 Å². The van der Waals surface area contributed by atoms with Crippen molar-refractivity contribution in [2.45, 2.75) is 5.44 Å². The minimum Gasteiger partial charge on any atom is -0.508 e. The SMILES string of the molecule is Oc1ccc(Br)cc1C1OCCS1. The number of aromatic hydroxyl groups is 1. The van der Waals surface area contributed by atoms with E-state index < -0.39 is 0 Å². The Morgan fingerprint density at radius 1 is 1.54 bits per heavy atom. The molecule has 13 heavy (non-hydrogen) atoms. The molecule has 0 amide bonds. The normalized spacial score (nSPS) is 22.1. The predicted molar refractivity (Wildman–Crippen MR) is 57.0 cm³/mol. The quantitative estimate of drug-likeness (QED) is 0.842. The summed E-state index contributed by atoms with van der Waals surface area (Å²) in [4.78, 5) is 0. The molecule has 0 bridgehead atoms. The van der Waals surface area contributed by atoms with Gasteiger partial charge in [-0.05, 0) is 18.2 Å². The fraction of sp³-hybridized carbons (Fsp3) is 0.333. The summed E-state index contributed by atoms with van der Waals surface area (Å²) >= 11 is 5.08. The molecular weight excluding hydrogens is 252 g/mol.